The molecule has 5 heteroatoms. The summed E-state index contributed by atoms with van der Waals surface area (Å²) >= 11 is 0. The van der Waals surface area contributed by atoms with Gasteiger partial charge in [-0.05, 0) is 66.7 Å². The Morgan fingerprint density at radius 2 is 1.40 bits per heavy atom. The first kappa shape index (κ1) is 21.3. The number of aromatic nitrogens is 3. The van der Waals surface area contributed by atoms with Gasteiger partial charge in [0.2, 0.25) is 0 Å². The highest BCUT2D eigenvalue weighted by Crippen LogP contribution is 2.62. The summed E-state index contributed by atoms with van der Waals surface area (Å²) < 4.78 is 14.7. The quantitative estimate of drug-likeness (QED) is 0.182. The van der Waals surface area contributed by atoms with Crippen LogP contribution in [-0.2, 0) is 11.1 Å². The van der Waals surface area contributed by atoms with E-state index in [1.54, 1.807) is 0 Å². The number of anilines is 3. The number of hydrogen-bond acceptors (Lipinski definition) is 2. The van der Waals surface area contributed by atoms with E-state index in [0.717, 1.165) is 11.5 Å². The Labute approximate surface area is 247 Å². The summed E-state index contributed by atoms with van der Waals surface area (Å²) in [5.41, 5.74) is 11.6. The largest absolute Gasteiger partial charge is 0.456 e. The normalized spacial score (nSPS) is 19.3. The minimum absolute atomic E-state index is 0.179. The molecule has 0 radical (unpaired) electrons. The van der Waals surface area contributed by atoms with E-state index >= 15 is 0 Å². The van der Waals surface area contributed by atoms with Crippen LogP contribution in [0.4, 0.5) is 17.2 Å². The Bertz CT molecular complexity index is 2540. The maximum atomic E-state index is 6.93. The van der Waals surface area contributed by atoms with Crippen LogP contribution in [0.1, 0.15) is 36.1 Å². The van der Waals surface area contributed by atoms with Crippen molar-refractivity contribution in [1.29, 1.82) is 0 Å². The molecule has 200 valence electrons. The molecule has 4 aromatic carbocycles. The fourth-order valence-electron chi connectivity index (χ4n) is 9.33. The van der Waals surface area contributed by atoms with Crippen molar-refractivity contribution in [1.82, 2.24) is 4.57 Å². The molecule has 1 atom stereocenters. The van der Waals surface area contributed by atoms with Crippen molar-refractivity contribution in [2.45, 2.75) is 24.9 Å². The van der Waals surface area contributed by atoms with Gasteiger partial charge in [-0.1, -0.05) is 50.2 Å². The van der Waals surface area contributed by atoms with Crippen molar-refractivity contribution in [2.24, 2.45) is 0 Å². The fourth-order valence-corrected chi connectivity index (χ4v) is 9.33. The van der Waals surface area contributed by atoms with Gasteiger partial charge < -0.3 is 4.74 Å². The molecule has 0 saturated carbocycles. The molecule has 0 amide bonds. The summed E-state index contributed by atoms with van der Waals surface area (Å²) in [5, 5.41) is 2.53. The molecule has 0 bridgehead atoms. The number of nitrogens with zero attached hydrogens (tertiary/aromatic N) is 4. The van der Waals surface area contributed by atoms with Gasteiger partial charge in [0.1, 0.15) is 39.5 Å². The van der Waals surface area contributed by atoms with Gasteiger partial charge in [0.25, 0.3) is 11.6 Å². The van der Waals surface area contributed by atoms with Crippen LogP contribution in [0.2, 0.25) is 0 Å². The maximum absolute atomic E-state index is 6.93. The molecule has 0 fully saturated rings. The molecular weight excluding hydrogens is 528 g/mol. The SMILES string of the molecule is CC1(C)c2ccccc2N2c3cccc4c3C35c6c(ccc7c8ccccc8n(c67)-c6cccc([n+]63)-c3ccc1c2[n+]35)O4. The van der Waals surface area contributed by atoms with Crippen molar-refractivity contribution in [3.05, 3.63) is 131 Å². The van der Waals surface area contributed by atoms with Crippen LogP contribution in [0.25, 0.3) is 39.0 Å². The van der Waals surface area contributed by atoms with Crippen molar-refractivity contribution in [2.75, 3.05) is 4.90 Å². The zero-order valence-corrected chi connectivity index (χ0v) is 23.6. The smallest absolute Gasteiger partial charge is 0.323 e. The van der Waals surface area contributed by atoms with Crippen molar-refractivity contribution in [3.63, 3.8) is 0 Å². The first-order valence-electron chi connectivity index (χ1n) is 15.1. The Kier molecular flexibility index (Phi) is 3.13. The third-order valence-electron chi connectivity index (χ3n) is 10.9. The highest BCUT2D eigenvalue weighted by molar-refractivity contribution is 6.11. The Hall–Kier alpha value is -5.42. The Morgan fingerprint density at radius 1 is 0.605 bits per heavy atom. The van der Waals surface area contributed by atoms with E-state index < -0.39 is 5.66 Å². The highest BCUT2D eigenvalue weighted by Gasteiger charge is 2.71. The van der Waals surface area contributed by atoms with Crippen LogP contribution in [0.3, 0.4) is 0 Å². The Morgan fingerprint density at radius 3 is 2.35 bits per heavy atom. The summed E-state index contributed by atoms with van der Waals surface area (Å²) in [6.07, 6.45) is 0. The van der Waals surface area contributed by atoms with E-state index in [-0.39, 0.29) is 5.41 Å². The number of hydrogen-bond donors (Lipinski definition) is 0. The lowest BCUT2D eigenvalue weighted by Gasteiger charge is -2.45. The lowest BCUT2D eigenvalue weighted by molar-refractivity contribution is -0.932. The number of fused-ring (bicyclic) bond motifs is 8. The molecule has 1 spiro atoms. The first-order chi connectivity index (χ1) is 21.1. The maximum Gasteiger partial charge on any atom is 0.323 e. The second-order valence-electron chi connectivity index (χ2n) is 13.0. The molecule has 3 aromatic heterocycles. The van der Waals surface area contributed by atoms with Gasteiger partial charge in [-0.3, -0.25) is 0 Å². The van der Waals surface area contributed by atoms with Gasteiger partial charge in [0.05, 0.1) is 5.56 Å². The molecular formula is C38H24N4O+2. The molecule has 12 rings (SSSR count). The molecule has 5 nitrogen and oxygen atoms in total. The number of pyridine rings is 2. The number of benzene rings is 4. The van der Waals surface area contributed by atoms with Crippen LogP contribution in [0.5, 0.6) is 11.5 Å². The van der Waals surface area contributed by atoms with Gasteiger partial charge >= 0.3 is 5.66 Å². The van der Waals surface area contributed by atoms with Crippen LogP contribution in [0.15, 0.2) is 109 Å². The standard InChI is InChI=1S/C38H24N4O/c1-37(2)23-10-4-6-12-26(23)39-29-14-7-15-30-33(29)38-34-31(43-30)20-17-22-21-9-3-5-11-25(21)40(35(22)34)32-16-8-13-27(41(32)38)28-19-18-24(37)36(39)42(28)38/h3-20H,1-2H3/q+2. The average Bonchev–Trinajstić information content (AvgIpc) is 3.53. The monoisotopic (exact) mass is 552 g/mol. The Balaban J connectivity index is 1.40. The van der Waals surface area contributed by atoms with Crippen molar-refractivity contribution < 1.29 is 13.9 Å². The third-order valence-corrected chi connectivity index (χ3v) is 10.9. The van der Waals surface area contributed by atoms with Crippen LogP contribution in [0, 0.1) is 0 Å². The summed E-state index contributed by atoms with van der Waals surface area (Å²) in [6, 6.07) is 40.3. The molecule has 1 unspecified atom stereocenters. The molecule has 8 heterocycles. The highest BCUT2D eigenvalue weighted by atomic mass is 16.5. The van der Waals surface area contributed by atoms with Crippen molar-refractivity contribution >= 4 is 39.0 Å². The van der Waals surface area contributed by atoms with Crippen LogP contribution in [-0.4, -0.2) is 4.57 Å². The second-order valence-corrected chi connectivity index (χ2v) is 13.0. The number of ether oxygens (including phenoxy) is 1. The minimum atomic E-state index is -0.630. The molecule has 0 aliphatic carbocycles. The van der Waals surface area contributed by atoms with Gasteiger partial charge in [-0.15, -0.1) is 0 Å². The van der Waals surface area contributed by atoms with Crippen LogP contribution >= 0.6 is 0 Å². The lowest BCUT2D eigenvalue weighted by Crippen LogP contribution is -2.76. The summed E-state index contributed by atoms with van der Waals surface area (Å²) in [7, 11) is 0. The van der Waals surface area contributed by atoms with E-state index in [1.807, 2.05) is 0 Å². The van der Waals surface area contributed by atoms with Gasteiger partial charge in [0, 0.05) is 27.8 Å². The molecule has 5 aliphatic rings. The second kappa shape index (κ2) is 6.32. The van der Waals surface area contributed by atoms with Gasteiger partial charge in [0.15, 0.2) is 16.9 Å². The van der Waals surface area contributed by atoms with E-state index in [4.69, 9.17) is 4.74 Å². The minimum Gasteiger partial charge on any atom is -0.456 e. The zero-order chi connectivity index (χ0) is 28.0. The molecule has 43 heavy (non-hydrogen) atoms. The van der Waals surface area contributed by atoms with E-state index in [1.165, 1.54) is 78.5 Å². The van der Waals surface area contributed by atoms with E-state index in [9.17, 15) is 0 Å². The lowest BCUT2D eigenvalue weighted by atomic mass is 9.72. The molecule has 5 aliphatic heterocycles. The predicted octanol–water partition coefficient (Wildman–Crippen LogP) is 7.48. The fraction of sp³-hybridized carbons (Fsp3) is 0.105. The van der Waals surface area contributed by atoms with E-state index in [0.29, 0.717) is 0 Å². The topological polar surface area (TPSA) is 25.2 Å². The average molecular weight is 553 g/mol. The third kappa shape index (κ3) is 1.93. The number of para-hydroxylation sites is 2. The molecule has 7 aromatic rings. The van der Waals surface area contributed by atoms with Crippen LogP contribution < -0.4 is 18.8 Å². The molecule has 0 saturated heterocycles. The van der Waals surface area contributed by atoms with Gasteiger partial charge in [-0.25, -0.2) is 0 Å². The summed E-state index contributed by atoms with van der Waals surface area (Å²) in [5.74, 6) is 4.27. The first-order valence-corrected chi connectivity index (χ1v) is 15.1. The van der Waals surface area contributed by atoms with E-state index in [2.05, 4.69) is 142 Å². The summed E-state index contributed by atoms with van der Waals surface area (Å²) in [6.45, 7) is 4.75. The summed E-state index contributed by atoms with van der Waals surface area (Å²) in [4.78, 5) is 2.51. The predicted molar refractivity (Wildman–Crippen MR) is 165 cm³/mol. The molecule has 0 N–H and O–H groups in total. The zero-order valence-electron chi connectivity index (χ0n) is 23.6. The number of rotatable bonds is 0. The van der Waals surface area contributed by atoms with Gasteiger partial charge in [-0.2, -0.15) is 18.6 Å². The van der Waals surface area contributed by atoms with Crippen molar-refractivity contribution in [3.8, 4) is 28.7 Å².